The summed E-state index contributed by atoms with van der Waals surface area (Å²) in [6.45, 7) is 12.6. The van der Waals surface area contributed by atoms with E-state index in [0.29, 0.717) is 6.04 Å². The molecule has 0 bridgehead atoms. The molecule has 0 spiro atoms. The number of aromatic nitrogens is 2. The normalized spacial score (nSPS) is 12.7. The van der Waals surface area contributed by atoms with E-state index in [1.54, 1.807) is 0 Å². The maximum Gasteiger partial charge on any atom is 0.0644 e. The van der Waals surface area contributed by atoms with Gasteiger partial charge in [0, 0.05) is 30.4 Å². The highest BCUT2D eigenvalue weighted by Gasteiger charge is 2.16. The Kier molecular flexibility index (Phi) is 4.61. The van der Waals surface area contributed by atoms with Crippen LogP contribution in [0.4, 0.5) is 0 Å². The molecule has 0 aliphatic rings. The number of benzene rings is 1. The third kappa shape index (κ3) is 2.93. The summed E-state index contributed by atoms with van der Waals surface area (Å²) in [5.74, 6) is 0. The molecule has 1 N–H and O–H groups in total. The topological polar surface area (TPSA) is 29.9 Å². The van der Waals surface area contributed by atoms with Gasteiger partial charge in [0.25, 0.3) is 0 Å². The first-order valence-electron chi connectivity index (χ1n) is 7.36. The van der Waals surface area contributed by atoms with Gasteiger partial charge in [0.15, 0.2) is 0 Å². The van der Waals surface area contributed by atoms with Gasteiger partial charge in [0.1, 0.15) is 0 Å². The van der Waals surface area contributed by atoms with Crippen LogP contribution in [0.3, 0.4) is 0 Å². The van der Waals surface area contributed by atoms with E-state index in [-0.39, 0.29) is 0 Å². The zero-order valence-corrected chi connectivity index (χ0v) is 13.2. The molecule has 0 amide bonds. The molecule has 0 saturated heterocycles. The van der Waals surface area contributed by atoms with Crippen molar-refractivity contribution in [3.05, 3.63) is 52.3 Å². The Morgan fingerprint density at radius 3 is 2.50 bits per heavy atom. The Balaban J connectivity index is 2.11. The summed E-state index contributed by atoms with van der Waals surface area (Å²) in [7, 11) is 0. The molecule has 2 rings (SSSR count). The second-order valence-corrected chi connectivity index (χ2v) is 5.43. The zero-order chi connectivity index (χ0) is 14.7. The van der Waals surface area contributed by atoms with Crippen molar-refractivity contribution in [3.8, 4) is 0 Å². The minimum absolute atomic E-state index is 0.315. The summed E-state index contributed by atoms with van der Waals surface area (Å²) < 4.78 is 2.08. The Morgan fingerprint density at radius 1 is 1.20 bits per heavy atom. The molecule has 3 nitrogen and oxygen atoms in total. The molecule has 2 aromatic rings. The molecule has 0 saturated carbocycles. The predicted molar refractivity (Wildman–Crippen MR) is 83.8 cm³/mol. The molecule has 1 aromatic carbocycles. The van der Waals surface area contributed by atoms with Gasteiger partial charge in [-0.15, -0.1) is 0 Å². The van der Waals surface area contributed by atoms with E-state index in [4.69, 9.17) is 0 Å². The lowest BCUT2D eigenvalue weighted by atomic mass is 10.0. The van der Waals surface area contributed by atoms with Crippen LogP contribution in [-0.4, -0.2) is 9.78 Å². The van der Waals surface area contributed by atoms with E-state index in [0.717, 1.165) is 18.8 Å². The van der Waals surface area contributed by atoms with Crippen LogP contribution in [0.5, 0.6) is 0 Å². The third-order valence-corrected chi connectivity index (χ3v) is 4.03. The molecular weight excluding hydrogens is 246 g/mol. The number of nitrogens with one attached hydrogen (secondary N) is 1. The van der Waals surface area contributed by atoms with Gasteiger partial charge in [-0.2, -0.15) is 5.10 Å². The lowest BCUT2D eigenvalue weighted by Crippen LogP contribution is -2.19. The molecule has 0 fully saturated rings. The first-order chi connectivity index (χ1) is 9.54. The van der Waals surface area contributed by atoms with Gasteiger partial charge in [0.2, 0.25) is 0 Å². The van der Waals surface area contributed by atoms with Crippen molar-refractivity contribution in [3.63, 3.8) is 0 Å². The summed E-state index contributed by atoms with van der Waals surface area (Å²) in [4.78, 5) is 0. The molecule has 1 atom stereocenters. The first kappa shape index (κ1) is 14.8. The Morgan fingerprint density at radius 2 is 1.90 bits per heavy atom. The quantitative estimate of drug-likeness (QED) is 0.899. The third-order valence-electron chi connectivity index (χ3n) is 4.03. The van der Waals surface area contributed by atoms with Gasteiger partial charge in [-0.3, -0.25) is 4.68 Å². The minimum Gasteiger partial charge on any atom is -0.306 e. The molecule has 1 aromatic heterocycles. The first-order valence-corrected chi connectivity index (χ1v) is 7.36. The fourth-order valence-corrected chi connectivity index (χ4v) is 2.82. The Hall–Kier alpha value is -1.61. The van der Waals surface area contributed by atoms with Gasteiger partial charge in [0.05, 0.1) is 5.69 Å². The fourth-order valence-electron chi connectivity index (χ4n) is 2.82. The molecule has 0 aliphatic carbocycles. The van der Waals surface area contributed by atoms with E-state index in [1.165, 1.54) is 22.4 Å². The van der Waals surface area contributed by atoms with Crippen LogP contribution in [-0.2, 0) is 13.1 Å². The zero-order valence-electron chi connectivity index (χ0n) is 13.2. The average molecular weight is 271 g/mol. The molecule has 20 heavy (non-hydrogen) atoms. The highest BCUT2D eigenvalue weighted by atomic mass is 15.3. The van der Waals surface area contributed by atoms with Crippen LogP contribution in [0.1, 0.15) is 48.0 Å². The lowest BCUT2D eigenvalue weighted by Gasteiger charge is -2.16. The van der Waals surface area contributed by atoms with Crippen LogP contribution in [0.25, 0.3) is 0 Å². The number of rotatable bonds is 5. The predicted octanol–water partition coefficient (Wildman–Crippen LogP) is 3.68. The van der Waals surface area contributed by atoms with E-state index in [2.05, 4.69) is 74.0 Å². The van der Waals surface area contributed by atoms with Crippen molar-refractivity contribution in [2.75, 3.05) is 0 Å². The second-order valence-electron chi connectivity index (χ2n) is 5.43. The van der Waals surface area contributed by atoms with Crippen LogP contribution >= 0.6 is 0 Å². The van der Waals surface area contributed by atoms with E-state index < -0.39 is 0 Å². The molecule has 1 heterocycles. The van der Waals surface area contributed by atoms with Gasteiger partial charge < -0.3 is 5.32 Å². The van der Waals surface area contributed by atoms with E-state index in [9.17, 15) is 0 Å². The molecule has 3 heteroatoms. The molecular formula is C17H25N3. The number of hydrogen-bond donors (Lipinski definition) is 1. The fraction of sp³-hybridized carbons (Fsp3) is 0.471. The molecule has 1 unspecified atom stereocenters. The largest absolute Gasteiger partial charge is 0.306 e. The maximum atomic E-state index is 4.60. The van der Waals surface area contributed by atoms with Crippen LogP contribution in [0.15, 0.2) is 24.3 Å². The number of aryl methyl sites for hydroxylation is 3. The number of nitrogens with zero attached hydrogens (tertiary/aromatic N) is 2. The highest BCUT2D eigenvalue weighted by Crippen LogP contribution is 2.22. The van der Waals surface area contributed by atoms with E-state index >= 15 is 0 Å². The smallest absolute Gasteiger partial charge is 0.0644 e. The molecule has 0 aliphatic heterocycles. The van der Waals surface area contributed by atoms with Crippen molar-refractivity contribution in [1.29, 1.82) is 0 Å². The summed E-state index contributed by atoms with van der Waals surface area (Å²) in [6, 6.07) is 8.84. The van der Waals surface area contributed by atoms with Gasteiger partial charge >= 0.3 is 0 Å². The molecule has 0 radical (unpaired) electrons. The van der Waals surface area contributed by atoms with Crippen molar-refractivity contribution in [2.24, 2.45) is 0 Å². The van der Waals surface area contributed by atoms with Crippen molar-refractivity contribution < 1.29 is 0 Å². The molecule has 108 valence electrons. The summed E-state index contributed by atoms with van der Waals surface area (Å²) in [5, 5.41) is 8.22. The summed E-state index contributed by atoms with van der Waals surface area (Å²) in [5.41, 5.74) is 6.44. The van der Waals surface area contributed by atoms with Crippen LogP contribution < -0.4 is 5.32 Å². The van der Waals surface area contributed by atoms with Crippen LogP contribution in [0, 0.1) is 20.8 Å². The highest BCUT2D eigenvalue weighted by molar-refractivity contribution is 5.29. The standard InChI is InChI=1S/C17H25N3/c1-6-20-15(5)17(14(4)19-20)13(3)18-11-16-10-8-7-9-12(16)2/h7-10,13,18H,6,11H2,1-5H3. The van der Waals surface area contributed by atoms with Gasteiger partial charge in [-0.05, 0) is 45.7 Å². The SMILES string of the molecule is CCn1nc(C)c(C(C)NCc2ccccc2C)c1C. The van der Waals surface area contributed by atoms with Crippen LogP contribution in [0.2, 0.25) is 0 Å². The number of hydrogen-bond acceptors (Lipinski definition) is 2. The lowest BCUT2D eigenvalue weighted by molar-refractivity contribution is 0.565. The Labute approximate surface area is 122 Å². The van der Waals surface area contributed by atoms with Crippen molar-refractivity contribution in [2.45, 2.75) is 53.8 Å². The van der Waals surface area contributed by atoms with Crippen molar-refractivity contribution >= 4 is 0 Å². The average Bonchev–Trinajstić information content (AvgIpc) is 2.72. The van der Waals surface area contributed by atoms with Gasteiger partial charge in [-0.25, -0.2) is 0 Å². The monoisotopic (exact) mass is 271 g/mol. The Bertz CT molecular complexity index is 584. The summed E-state index contributed by atoms with van der Waals surface area (Å²) in [6.07, 6.45) is 0. The summed E-state index contributed by atoms with van der Waals surface area (Å²) >= 11 is 0. The maximum absolute atomic E-state index is 4.60. The van der Waals surface area contributed by atoms with Crippen molar-refractivity contribution in [1.82, 2.24) is 15.1 Å². The minimum atomic E-state index is 0.315. The second kappa shape index (κ2) is 6.23. The van der Waals surface area contributed by atoms with E-state index in [1.807, 2.05) is 0 Å². The van der Waals surface area contributed by atoms with Gasteiger partial charge in [-0.1, -0.05) is 24.3 Å².